The first-order chi connectivity index (χ1) is 14.3. The Hall–Kier alpha value is -2.39. The van der Waals surface area contributed by atoms with E-state index in [0.717, 1.165) is 12.1 Å². The lowest BCUT2D eigenvalue weighted by Crippen LogP contribution is -2.65. The van der Waals surface area contributed by atoms with Gasteiger partial charge in [-0.15, -0.1) is 0 Å². The number of amides is 1. The van der Waals surface area contributed by atoms with Gasteiger partial charge in [-0.05, 0) is 24.3 Å². The number of hydrogen-bond acceptors (Lipinski definition) is 3. The molecule has 1 aliphatic heterocycles. The smallest absolute Gasteiger partial charge is 0.368 e. The number of rotatable bonds is 5. The summed E-state index contributed by atoms with van der Waals surface area (Å²) >= 11 is 0. The number of hydrogen-bond donors (Lipinski definition) is 0. The lowest BCUT2D eigenvalue weighted by Gasteiger charge is -2.40. The number of anilines is 1. The van der Waals surface area contributed by atoms with Gasteiger partial charge in [-0.2, -0.15) is 48.3 Å². The van der Waals surface area contributed by atoms with Crippen molar-refractivity contribution in [3.05, 3.63) is 30.1 Å². The van der Waals surface area contributed by atoms with Crippen LogP contribution in [0.3, 0.4) is 0 Å². The molecule has 0 aliphatic carbocycles. The van der Waals surface area contributed by atoms with E-state index in [1.807, 2.05) is 0 Å². The summed E-state index contributed by atoms with van der Waals surface area (Å²) in [7, 11) is 0. The summed E-state index contributed by atoms with van der Waals surface area (Å²) < 4.78 is 158. The highest BCUT2D eigenvalue weighted by atomic mass is 19.4. The van der Waals surface area contributed by atoms with Crippen LogP contribution in [0.2, 0.25) is 0 Å². The summed E-state index contributed by atoms with van der Waals surface area (Å²) in [5, 5.41) is 0. The van der Waals surface area contributed by atoms with Crippen LogP contribution < -0.4 is 4.90 Å². The van der Waals surface area contributed by atoms with Gasteiger partial charge in [0.15, 0.2) is 0 Å². The Morgan fingerprint density at radius 3 is 1.62 bits per heavy atom. The van der Waals surface area contributed by atoms with Crippen LogP contribution in [0.1, 0.15) is 0 Å². The number of alkyl halides is 11. The third-order valence-corrected chi connectivity index (χ3v) is 4.39. The van der Waals surface area contributed by atoms with E-state index in [4.69, 9.17) is 0 Å². The van der Waals surface area contributed by atoms with Crippen molar-refractivity contribution in [1.82, 2.24) is 4.90 Å². The average Bonchev–Trinajstić information content (AvgIpc) is 2.66. The minimum absolute atomic E-state index is 0.0185. The van der Waals surface area contributed by atoms with E-state index < -0.39 is 55.1 Å². The van der Waals surface area contributed by atoms with Crippen LogP contribution in [0, 0.1) is 5.82 Å². The van der Waals surface area contributed by atoms with Crippen LogP contribution in [0.4, 0.5) is 58.4 Å². The van der Waals surface area contributed by atoms with Gasteiger partial charge < -0.3 is 9.80 Å². The molecule has 0 spiro atoms. The van der Waals surface area contributed by atoms with Gasteiger partial charge in [0.2, 0.25) is 0 Å². The molecule has 1 amide bonds. The molecule has 0 saturated carbocycles. The fourth-order valence-electron chi connectivity index (χ4n) is 2.65. The fraction of sp³-hybridized carbons (Fsp3) is 0.562. The fourth-order valence-corrected chi connectivity index (χ4v) is 2.65. The standard InChI is InChI=1S/C16H12F12N2O2/c17-9-1-3-10(4-2-9)29-5-7-30(8-6-29)11(31)12(18,14(21,22)23)32-16(27,28)13(19,20)15(24,25)26/h1-4H,5-8H2/t12-/m0/s1. The number of benzene rings is 1. The molecule has 1 heterocycles. The molecule has 2 rings (SSSR count). The SMILES string of the molecule is O=C(N1CCN(c2ccc(F)cc2)CC1)[C@](F)(OC(F)(F)C(F)(F)C(F)(F)F)C(F)(F)F. The molecular formula is C16H12F12N2O2. The number of ether oxygens (including phenoxy) is 1. The molecule has 1 aliphatic rings. The maximum atomic E-state index is 14.4. The van der Waals surface area contributed by atoms with Gasteiger partial charge in [0.1, 0.15) is 5.82 Å². The van der Waals surface area contributed by atoms with Crippen molar-refractivity contribution in [3.8, 4) is 0 Å². The summed E-state index contributed by atoms with van der Waals surface area (Å²) in [6.07, 6.45) is -20.9. The predicted molar refractivity (Wildman–Crippen MR) is 82.1 cm³/mol. The zero-order chi connectivity index (χ0) is 24.8. The minimum Gasteiger partial charge on any atom is -0.368 e. The van der Waals surface area contributed by atoms with E-state index >= 15 is 0 Å². The molecule has 1 atom stereocenters. The summed E-state index contributed by atoms with van der Waals surface area (Å²) in [5.41, 5.74) is 0.327. The Balaban J connectivity index is 2.24. The Morgan fingerprint density at radius 2 is 1.22 bits per heavy atom. The Bertz CT molecular complexity index is 816. The molecule has 0 radical (unpaired) electrons. The van der Waals surface area contributed by atoms with Crippen molar-refractivity contribution in [2.75, 3.05) is 31.1 Å². The first-order valence-corrected chi connectivity index (χ1v) is 8.41. The van der Waals surface area contributed by atoms with E-state index in [1.165, 1.54) is 17.0 Å². The highest BCUT2D eigenvalue weighted by Crippen LogP contribution is 2.51. The zero-order valence-corrected chi connectivity index (χ0v) is 15.4. The number of piperazine rings is 1. The van der Waals surface area contributed by atoms with Gasteiger partial charge in [0, 0.05) is 31.9 Å². The van der Waals surface area contributed by atoms with Crippen LogP contribution in [0.15, 0.2) is 24.3 Å². The maximum Gasteiger partial charge on any atom is 0.462 e. The summed E-state index contributed by atoms with van der Waals surface area (Å²) in [6.45, 7) is -2.22. The molecule has 0 unspecified atom stereocenters. The average molecular weight is 492 g/mol. The molecule has 1 saturated heterocycles. The molecule has 0 aromatic heterocycles. The largest absolute Gasteiger partial charge is 0.462 e. The lowest BCUT2D eigenvalue weighted by molar-refractivity contribution is -0.473. The number of halogens is 12. The molecule has 16 heteroatoms. The van der Waals surface area contributed by atoms with Gasteiger partial charge in [-0.25, -0.2) is 4.39 Å². The maximum absolute atomic E-state index is 14.4. The van der Waals surface area contributed by atoms with Crippen LogP contribution in [-0.2, 0) is 9.53 Å². The second kappa shape index (κ2) is 8.19. The highest BCUT2D eigenvalue weighted by Gasteiger charge is 2.80. The molecule has 4 nitrogen and oxygen atoms in total. The minimum atomic E-state index is -7.25. The van der Waals surface area contributed by atoms with Crippen molar-refractivity contribution in [3.63, 3.8) is 0 Å². The number of carbonyl (C=O) groups is 1. The molecule has 182 valence electrons. The topological polar surface area (TPSA) is 32.8 Å². The van der Waals surface area contributed by atoms with Gasteiger partial charge in [-0.3, -0.25) is 9.53 Å². The Labute approximate surface area is 171 Å². The molecular weight excluding hydrogens is 480 g/mol. The second-order valence-corrected chi connectivity index (χ2v) is 6.54. The van der Waals surface area contributed by atoms with E-state index in [2.05, 4.69) is 4.74 Å². The van der Waals surface area contributed by atoms with Crippen LogP contribution in [0.5, 0.6) is 0 Å². The van der Waals surface area contributed by atoms with Gasteiger partial charge in [0.25, 0.3) is 5.91 Å². The third-order valence-electron chi connectivity index (χ3n) is 4.39. The number of carbonyl (C=O) groups excluding carboxylic acids is 1. The van der Waals surface area contributed by atoms with Crippen molar-refractivity contribution in [2.45, 2.75) is 30.2 Å². The predicted octanol–water partition coefficient (Wildman–Crippen LogP) is 4.51. The van der Waals surface area contributed by atoms with Crippen molar-refractivity contribution in [1.29, 1.82) is 0 Å². The second-order valence-electron chi connectivity index (χ2n) is 6.54. The first-order valence-electron chi connectivity index (χ1n) is 8.41. The normalized spacial score (nSPS) is 18.5. The zero-order valence-electron chi connectivity index (χ0n) is 15.4. The molecule has 1 fully saturated rings. The quantitative estimate of drug-likeness (QED) is 0.568. The monoisotopic (exact) mass is 492 g/mol. The number of nitrogens with zero attached hydrogens (tertiary/aromatic N) is 2. The van der Waals surface area contributed by atoms with E-state index in [1.54, 1.807) is 0 Å². The Morgan fingerprint density at radius 1 is 0.750 bits per heavy atom. The first kappa shape index (κ1) is 25.9. The van der Waals surface area contributed by atoms with E-state index in [0.29, 0.717) is 5.69 Å². The summed E-state index contributed by atoms with van der Waals surface area (Å²) in [6, 6.07) is 4.56. The highest BCUT2D eigenvalue weighted by molar-refractivity contribution is 5.85. The van der Waals surface area contributed by atoms with Gasteiger partial charge in [-0.1, -0.05) is 0 Å². The molecule has 1 aromatic carbocycles. The van der Waals surface area contributed by atoms with Gasteiger partial charge in [0.05, 0.1) is 0 Å². The van der Waals surface area contributed by atoms with Crippen molar-refractivity contribution in [2.24, 2.45) is 0 Å². The lowest BCUT2D eigenvalue weighted by atomic mass is 10.2. The molecule has 1 aromatic rings. The Kier molecular flexibility index (Phi) is 6.62. The van der Waals surface area contributed by atoms with Gasteiger partial charge >= 0.3 is 30.2 Å². The van der Waals surface area contributed by atoms with E-state index in [9.17, 15) is 57.5 Å². The van der Waals surface area contributed by atoms with E-state index in [-0.39, 0.29) is 18.0 Å². The van der Waals surface area contributed by atoms with Crippen LogP contribution in [0.25, 0.3) is 0 Å². The molecule has 0 N–H and O–H groups in total. The van der Waals surface area contributed by atoms with Crippen molar-refractivity contribution >= 4 is 11.6 Å². The molecule has 32 heavy (non-hydrogen) atoms. The summed E-state index contributed by atoms with van der Waals surface area (Å²) in [4.78, 5) is 13.3. The van der Waals surface area contributed by atoms with Crippen LogP contribution >= 0.6 is 0 Å². The molecule has 0 bridgehead atoms. The van der Waals surface area contributed by atoms with Crippen LogP contribution in [-0.4, -0.2) is 67.2 Å². The third kappa shape index (κ3) is 4.68. The van der Waals surface area contributed by atoms with Crippen molar-refractivity contribution < 1.29 is 62.2 Å². The summed E-state index contributed by atoms with van der Waals surface area (Å²) in [5.74, 6) is -17.0.